The summed E-state index contributed by atoms with van der Waals surface area (Å²) in [5.74, 6) is -0.839. The van der Waals surface area contributed by atoms with Crippen LogP contribution in [-0.4, -0.2) is 24.2 Å². The Morgan fingerprint density at radius 3 is 2.58 bits per heavy atom. The van der Waals surface area contributed by atoms with Gasteiger partial charge in [0.2, 0.25) is 0 Å². The molecule has 2 aromatic carbocycles. The predicted octanol–water partition coefficient (Wildman–Crippen LogP) is 6.74. The molecule has 172 valence electrons. The van der Waals surface area contributed by atoms with Crippen LogP contribution in [0.1, 0.15) is 29.3 Å². The summed E-state index contributed by atoms with van der Waals surface area (Å²) in [6, 6.07) is 15.1. The maximum absolute atomic E-state index is 13.9. The monoisotopic (exact) mass is 471 g/mol. The Labute approximate surface area is 194 Å². The third kappa shape index (κ3) is 5.37. The van der Waals surface area contributed by atoms with Gasteiger partial charge < -0.3 is 10.4 Å². The molecule has 1 atom stereocenters. The van der Waals surface area contributed by atoms with Gasteiger partial charge in [-0.05, 0) is 40.8 Å². The highest BCUT2D eigenvalue weighted by molar-refractivity contribution is 7.15. The molecule has 3 aromatic rings. The van der Waals surface area contributed by atoms with E-state index in [-0.39, 0.29) is 17.4 Å². The van der Waals surface area contributed by atoms with Crippen LogP contribution in [0, 0.1) is 5.41 Å². The first-order valence-electron chi connectivity index (χ1n) is 10.7. The van der Waals surface area contributed by atoms with E-state index in [4.69, 9.17) is 5.11 Å². The summed E-state index contributed by atoms with van der Waals surface area (Å²) in [7, 11) is 0. The fourth-order valence-corrected chi connectivity index (χ4v) is 5.42. The number of fused-ring (bicyclic) bond motifs is 1. The van der Waals surface area contributed by atoms with Gasteiger partial charge in [0.1, 0.15) is 0 Å². The Morgan fingerprint density at radius 2 is 1.88 bits per heavy atom. The summed E-state index contributed by atoms with van der Waals surface area (Å²) in [6.45, 7) is 3.12. The number of rotatable bonds is 7. The number of alkyl halides is 3. The lowest BCUT2D eigenvalue weighted by atomic mass is 9.81. The molecule has 0 saturated heterocycles. The van der Waals surface area contributed by atoms with Crippen molar-refractivity contribution in [3.05, 3.63) is 76.7 Å². The van der Waals surface area contributed by atoms with Crippen molar-refractivity contribution in [2.75, 3.05) is 13.1 Å². The maximum Gasteiger partial charge on any atom is 0.417 e. The lowest BCUT2D eigenvalue weighted by Gasteiger charge is -2.29. The van der Waals surface area contributed by atoms with Gasteiger partial charge >= 0.3 is 12.1 Å². The minimum absolute atomic E-state index is 0.0642. The standard InChI is InChI=1S/C26H24F3NO2S/c1-25(16-30-12-10-24(31)32)11-9-19-14-22(33-23(19)15-25)18-7-8-20(17-5-3-2-4-6-17)21(13-18)26(27,28)29/h2-9,11,13-14,30H,10,12,15-16H2,1H3,(H,31,32). The molecule has 0 spiro atoms. The number of carboxylic acids is 1. The highest BCUT2D eigenvalue weighted by Gasteiger charge is 2.34. The summed E-state index contributed by atoms with van der Waals surface area (Å²) in [4.78, 5) is 12.6. The number of hydrogen-bond acceptors (Lipinski definition) is 3. The predicted molar refractivity (Wildman–Crippen MR) is 126 cm³/mol. The van der Waals surface area contributed by atoms with E-state index in [0.717, 1.165) is 21.7 Å². The van der Waals surface area contributed by atoms with Crippen molar-refractivity contribution < 1.29 is 23.1 Å². The molecular formula is C26H24F3NO2S. The highest BCUT2D eigenvalue weighted by Crippen LogP contribution is 2.43. The largest absolute Gasteiger partial charge is 0.481 e. The van der Waals surface area contributed by atoms with E-state index in [2.05, 4.69) is 18.3 Å². The van der Waals surface area contributed by atoms with E-state index in [9.17, 15) is 18.0 Å². The fraction of sp³-hybridized carbons (Fsp3) is 0.269. The quantitative estimate of drug-likeness (QED) is 0.375. The van der Waals surface area contributed by atoms with Gasteiger partial charge in [-0.3, -0.25) is 4.79 Å². The number of aliphatic carboxylic acids is 1. The first-order valence-corrected chi connectivity index (χ1v) is 11.5. The molecule has 1 heterocycles. The first kappa shape index (κ1) is 23.3. The zero-order valence-corrected chi connectivity index (χ0v) is 18.9. The fourth-order valence-electron chi connectivity index (χ4n) is 4.07. The number of nitrogens with one attached hydrogen (secondary N) is 1. The topological polar surface area (TPSA) is 49.3 Å². The number of carbonyl (C=O) groups is 1. The molecule has 0 amide bonds. The number of carboxylic acid groups (broad SMARTS) is 1. The van der Waals surface area contributed by atoms with Crippen LogP contribution in [0.4, 0.5) is 13.2 Å². The van der Waals surface area contributed by atoms with E-state index in [1.807, 2.05) is 12.1 Å². The Morgan fingerprint density at radius 1 is 1.12 bits per heavy atom. The van der Waals surface area contributed by atoms with Crippen LogP contribution in [0.5, 0.6) is 0 Å². The number of thiophene rings is 1. The van der Waals surface area contributed by atoms with Gasteiger partial charge in [-0.15, -0.1) is 11.3 Å². The summed E-state index contributed by atoms with van der Waals surface area (Å²) in [5, 5.41) is 12.0. The van der Waals surface area contributed by atoms with Gasteiger partial charge in [0.25, 0.3) is 0 Å². The lowest BCUT2D eigenvalue weighted by Crippen LogP contribution is -2.34. The molecule has 1 unspecified atom stereocenters. The molecule has 3 nitrogen and oxygen atoms in total. The summed E-state index contributed by atoms with van der Waals surface area (Å²) in [5.41, 5.74) is 1.47. The van der Waals surface area contributed by atoms with E-state index >= 15 is 0 Å². The molecule has 33 heavy (non-hydrogen) atoms. The van der Waals surface area contributed by atoms with Crippen molar-refractivity contribution >= 4 is 23.4 Å². The SMILES string of the molecule is CC1(CNCCC(=O)O)C=Cc2cc(-c3ccc(-c4ccccc4)c(C(F)(F)F)c3)sc2C1. The summed E-state index contributed by atoms with van der Waals surface area (Å²) in [6.07, 6.45) is 0.463. The van der Waals surface area contributed by atoms with Crippen molar-refractivity contribution in [1.82, 2.24) is 5.32 Å². The molecule has 7 heteroatoms. The van der Waals surface area contributed by atoms with E-state index in [0.29, 0.717) is 24.2 Å². The van der Waals surface area contributed by atoms with E-state index in [1.54, 1.807) is 42.5 Å². The van der Waals surface area contributed by atoms with E-state index in [1.165, 1.54) is 17.4 Å². The van der Waals surface area contributed by atoms with Crippen LogP contribution >= 0.6 is 11.3 Å². The van der Waals surface area contributed by atoms with Crippen LogP contribution in [0.15, 0.2) is 60.7 Å². The molecule has 1 aromatic heterocycles. The number of halogens is 3. The maximum atomic E-state index is 13.9. The molecular weight excluding hydrogens is 447 g/mol. The van der Waals surface area contributed by atoms with Crippen LogP contribution in [0.25, 0.3) is 27.6 Å². The molecule has 0 saturated carbocycles. The Hall–Kier alpha value is -2.90. The molecule has 0 bridgehead atoms. The van der Waals surface area contributed by atoms with Gasteiger partial charge in [-0.25, -0.2) is 0 Å². The smallest absolute Gasteiger partial charge is 0.417 e. The number of hydrogen-bond donors (Lipinski definition) is 2. The van der Waals surface area contributed by atoms with Crippen molar-refractivity contribution in [2.24, 2.45) is 5.41 Å². The zero-order valence-electron chi connectivity index (χ0n) is 18.1. The van der Waals surface area contributed by atoms with Crippen molar-refractivity contribution in [2.45, 2.75) is 25.9 Å². The molecule has 0 radical (unpaired) electrons. The van der Waals surface area contributed by atoms with Gasteiger partial charge in [0.05, 0.1) is 12.0 Å². The van der Waals surface area contributed by atoms with Crippen LogP contribution in [0.2, 0.25) is 0 Å². The van der Waals surface area contributed by atoms with Gasteiger partial charge in [-0.1, -0.05) is 61.5 Å². The third-order valence-corrected chi connectivity index (χ3v) is 7.01. The van der Waals surface area contributed by atoms with E-state index < -0.39 is 17.7 Å². The second-order valence-electron chi connectivity index (χ2n) is 8.60. The Balaban J connectivity index is 1.59. The lowest BCUT2D eigenvalue weighted by molar-refractivity contribution is -0.137. The van der Waals surface area contributed by atoms with Gasteiger partial charge in [-0.2, -0.15) is 13.2 Å². The van der Waals surface area contributed by atoms with Crippen LogP contribution in [-0.2, 0) is 17.4 Å². The van der Waals surface area contributed by atoms with Crippen molar-refractivity contribution in [3.63, 3.8) is 0 Å². The Kier molecular flexibility index (Phi) is 6.45. The molecule has 4 rings (SSSR count). The molecule has 1 aliphatic carbocycles. The third-order valence-electron chi connectivity index (χ3n) is 5.81. The average molecular weight is 472 g/mol. The second-order valence-corrected chi connectivity index (χ2v) is 9.73. The second kappa shape index (κ2) is 9.15. The summed E-state index contributed by atoms with van der Waals surface area (Å²) >= 11 is 1.52. The zero-order chi connectivity index (χ0) is 23.6. The highest BCUT2D eigenvalue weighted by atomic mass is 32.1. The molecule has 1 aliphatic rings. The van der Waals surface area contributed by atoms with Gasteiger partial charge in [0.15, 0.2) is 0 Å². The minimum atomic E-state index is -4.46. The van der Waals surface area contributed by atoms with Gasteiger partial charge in [0, 0.05) is 28.3 Å². The Bertz CT molecular complexity index is 1180. The molecule has 0 fully saturated rings. The molecule has 0 aliphatic heterocycles. The number of benzene rings is 2. The molecule has 2 N–H and O–H groups in total. The minimum Gasteiger partial charge on any atom is -0.481 e. The van der Waals surface area contributed by atoms with Crippen LogP contribution in [0.3, 0.4) is 0 Å². The normalized spacial score (nSPS) is 17.7. The average Bonchev–Trinajstić information content (AvgIpc) is 3.19. The van der Waals surface area contributed by atoms with Crippen molar-refractivity contribution in [3.8, 4) is 21.6 Å². The van der Waals surface area contributed by atoms with Crippen molar-refractivity contribution in [1.29, 1.82) is 0 Å². The summed E-state index contributed by atoms with van der Waals surface area (Å²) < 4.78 is 41.7. The van der Waals surface area contributed by atoms with Crippen LogP contribution < -0.4 is 5.32 Å². The first-order chi connectivity index (χ1) is 15.6.